The van der Waals surface area contributed by atoms with Crippen molar-refractivity contribution < 1.29 is 24.0 Å². The molecule has 1 aromatic heterocycles. The normalized spacial score (nSPS) is 25.6. The monoisotopic (exact) mass is 405 g/mol. The summed E-state index contributed by atoms with van der Waals surface area (Å²) in [5.41, 5.74) is -1.16. The number of hydrogen-bond acceptors (Lipinski definition) is 8. The molecule has 1 aliphatic heterocycles. The van der Waals surface area contributed by atoms with Gasteiger partial charge in [-0.15, -0.1) is 0 Å². The quantitative estimate of drug-likeness (QED) is 0.269. The summed E-state index contributed by atoms with van der Waals surface area (Å²) in [5.74, 6) is 0. The second-order valence-corrected chi connectivity index (χ2v) is 6.71. The number of hydrogen-bond donors (Lipinski definition) is 4. The van der Waals surface area contributed by atoms with Crippen LogP contribution in [0.15, 0.2) is 21.9 Å². The number of aromatic nitrogens is 2. The lowest BCUT2D eigenvalue weighted by Crippen LogP contribution is -2.40. The van der Waals surface area contributed by atoms with Crippen molar-refractivity contribution in [1.82, 2.24) is 14.9 Å². The average Bonchev–Trinajstić information content (AvgIpc) is 2.99. The molecule has 0 bridgehead atoms. The van der Waals surface area contributed by atoms with E-state index >= 15 is 0 Å². The van der Waals surface area contributed by atoms with E-state index in [1.165, 1.54) is 16.8 Å². The van der Waals surface area contributed by atoms with E-state index in [4.69, 9.17) is 14.0 Å². The first-order valence-corrected chi connectivity index (χ1v) is 9.86. The number of aromatic amines is 1. The van der Waals surface area contributed by atoms with Gasteiger partial charge in [0.15, 0.2) is 15.3 Å². The minimum absolute atomic E-state index is 0.354. The predicted octanol–water partition coefficient (Wildman–Crippen LogP) is -0.523. The lowest BCUT2D eigenvalue weighted by atomic mass is 10.1. The Morgan fingerprint density at radius 3 is 2.74 bits per heavy atom. The molecule has 5 unspecified atom stereocenters. The number of nitrogens with one attached hydrogen (secondary N) is 2. The maximum Gasteiger partial charge on any atom is 0.330 e. The van der Waals surface area contributed by atoms with Crippen LogP contribution in [-0.2, 0) is 14.0 Å². The molecule has 11 heteroatoms. The fourth-order valence-corrected chi connectivity index (χ4v) is 3.47. The summed E-state index contributed by atoms with van der Waals surface area (Å²) >= 11 is 0. The highest BCUT2D eigenvalue weighted by atomic mass is 31.1. The van der Waals surface area contributed by atoms with Crippen molar-refractivity contribution in [2.75, 3.05) is 26.8 Å². The van der Waals surface area contributed by atoms with Gasteiger partial charge in [0.2, 0.25) is 0 Å². The van der Waals surface area contributed by atoms with Crippen molar-refractivity contribution >= 4 is 9.03 Å². The zero-order valence-electron chi connectivity index (χ0n) is 15.3. The van der Waals surface area contributed by atoms with E-state index < -0.39 is 44.8 Å². The SMILES string of the molecule is CNCCCCCCOC1C(OPO)C(CO)OC1n1ccc(=O)[nH]c1=O. The number of H-pyrrole nitrogens is 1. The van der Waals surface area contributed by atoms with E-state index in [9.17, 15) is 19.6 Å². The van der Waals surface area contributed by atoms with Crippen molar-refractivity contribution in [2.45, 2.75) is 50.2 Å². The maximum absolute atomic E-state index is 12.1. The van der Waals surface area contributed by atoms with E-state index in [0.717, 1.165) is 32.2 Å². The largest absolute Gasteiger partial charge is 0.394 e. The molecule has 0 spiro atoms. The van der Waals surface area contributed by atoms with Crippen LogP contribution < -0.4 is 16.6 Å². The Labute approximate surface area is 158 Å². The fourth-order valence-electron chi connectivity index (χ4n) is 3.06. The van der Waals surface area contributed by atoms with E-state index in [-0.39, 0.29) is 6.61 Å². The molecule has 1 saturated heterocycles. The van der Waals surface area contributed by atoms with Gasteiger partial charge in [0, 0.05) is 18.9 Å². The molecular formula is C16H28N3O7P. The highest BCUT2D eigenvalue weighted by Crippen LogP contribution is 2.35. The Kier molecular flexibility index (Phi) is 9.57. The van der Waals surface area contributed by atoms with Crippen LogP contribution in [0.1, 0.15) is 31.9 Å². The zero-order chi connectivity index (χ0) is 19.6. The molecule has 1 aromatic rings. The first kappa shape index (κ1) is 22.2. The van der Waals surface area contributed by atoms with E-state index in [1.807, 2.05) is 7.05 Å². The van der Waals surface area contributed by atoms with Crippen LogP contribution in [0.5, 0.6) is 0 Å². The van der Waals surface area contributed by atoms with Gasteiger partial charge in [0.25, 0.3) is 5.56 Å². The Morgan fingerprint density at radius 2 is 2.07 bits per heavy atom. The summed E-state index contributed by atoms with van der Waals surface area (Å²) in [7, 11) is 1.11. The zero-order valence-corrected chi connectivity index (χ0v) is 16.3. The molecule has 1 fully saturated rings. The fraction of sp³-hybridized carbons (Fsp3) is 0.750. The maximum atomic E-state index is 12.1. The number of ether oxygens (including phenoxy) is 2. The molecule has 0 aliphatic carbocycles. The molecule has 154 valence electrons. The molecule has 0 amide bonds. The van der Waals surface area contributed by atoms with Gasteiger partial charge in [-0.1, -0.05) is 12.8 Å². The first-order valence-electron chi connectivity index (χ1n) is 9.01. The van der Waals surface area contributed by atoms with E-state index in [1.54, 1.807) is 0 Å². The van der Waals surface area contributed by atoms with Gasteiger partial charge >= 0.3 is 5.69 Å². The molecule has 2 rings (SSSR count). The van der Waals surface area contributed by atoms with Gasteiger partial charge in [-0.2, -0.15) is 0 Å². The second-order valence-electron chi connectivity index (χ2n) is 6.29. The van der Waals surface area contributed by atoms with Crippen LogP contribution in [0.25, 0.3) is 0 Å². The number of aliphatic hydroxyl groups is 1. The predicted molar refractivity (Wildman–Crippen MR) is 99.9 cm³/mol. The van der Waals surface area contributed by atoms with Gasteiger partial charge < -0.3 is 29.3 Å². The van der Waals surface area contributed by atoms with Gasteiger partial charge in [0.05, 0.1) is 6.61 Å². The van der Waals surface area contributed by atoms with Crippen molar-refractivity contribution in [3.8, 4) is 0 Å². The van der Waals surface area contributed by atoms with Crippen molar-refractivity contribution in [3.05, 3.63) is 33.1 Å². The summed E-state index contributed by atoms with van der Waals surface area (Å²) in [6.45, 7) is 1.04. The van der Waals surface area contributed by atoms with E-state index in [2.05, 4.69) is 10.3 Å². The third kappa shape index (κ3) is 6.18. The molecule has 1 aliphatic rings. The summed E-state index contributed by atoms with van der Waals surface area (Å²) in [5, 5.41) is 12.7. The number of unbranched alkanes of at least 4 members (excludes halogenated alkanes) is 3. The summed E-state index contributed by atoms with van der Waals surface area (Å²) < 4.78 is 18.2. The number of nitrogens with zero attached hydrogens (tertiary/aromatic N) is 1. The van der Waals surface area contributed by atoms with Gasteiger partial charge in [-0.3, -0.25) is 14.3 Å². The number of rotatable bonds is 12. The number of aliphatic hydroxyl groups excluding tert-OH is 1. The molecule has 5 atom stereocenters. The van der Waals surface area contributed by atoms with Gasteiger partial charge in [-0.05, 0) is 26.4 Å². The molecule has 0 saturated carbocycles. The second kappa shape index (κ2) is 11.7. The Hall–Kier alpha value is -1.13. The summed E-state index contributed by atoms with van der Waals surface area (Å²) in [6, 6.07) is 1.21. The van der Waals surface area contributed by atoms with Crippen LogP contribution in [0.2, 0.25) is 0 Å². The first-order chi connectivity index (χ1) is 13.1. The standard InChI is InChI=1S/C16H28N3O7P/c1-17-7-4-2-3-5-9-24-14-13(26-27-23)11(10-20)25-15(14)19-8-6-12(21)18-16(19)22/h6,8,11,13-15,17,20,23,27H,2-5,7,9-10H2,1H3,(H,18,21,22). The van der Waals surface area contributed by atoms with Crippen LogP contribution in [0.4, 0.5) is 0 Å². The smallest absolute Gasteiger partial charge is 0.330 e. The Bertz CT molecular complexity index is 668. The minimum atomic E-state index is -0.878. The molecule has 0 radical (unpaired) electrons. The minimum Gasteiger partial charge on any atom is -0.394 e. The topological polar surface area (TPSA) is 135 Å². The van der Waals surface area contributed by atoms with Crippen LogP contribution >= 0.6 is 9.03 Å². The third-order valence-electron chi connectivity index (χ3n) is 4.41. The molecule has 10 nitrogen and oxygen atoms in total. The van der Waals surface area contributed by atoms with Crippen LogP contribution in [-0.4, -0.2) is 64.7 Å². The average molecular weight is 405 g/mol. The van der Waals surface area contributed by atoms with Crippen LogP contribution in [0.3, 0.4) is 0 Å². The molecule has 4 N–H and O–H groups in total. The lowest BCUT2D eigenvalue weighted by Gasteiger charge is -2.24. The molecule has 0 aromatic carbocycles. The highest BCUT2D eigenvalue weighted by Gasteiger charge is 2.47. The van der Waals surface area contributed by atoms with Crippen LogP contribution in [0, 0.1) is 0 Å². The Morgan fingerprint density at radius 1 is 1.30 bits per heavy atom. The molecule has 2 heterocycles. The lowest BCUT2D eigenvalue weighted by molar-refractivity contribution is -0.0743. The summed E-state index contributed by atoms with van der Waals surface area (Å²) in [4.78, 5) is 34.8. The highest BCUT2D eigenvalue weighted by molar-refractivity contribution is 7.25. The molecular weight excluding hydrogens is 377 g/mol. The van der Waals surface area contributed by atoms with Crippen molar-refractivity contribution in [1.29, 1.82) is 0 Å². The van der Waals surface area contributed by atoms with E-state index in [0.29, 0.717) is 6.61 Å². The molecule has 27 heavy (non-hydrogen) atoms. The summed E-state index contributed by atoms with van der Waals surface area (Å²) in [6.07, 6.45) is 2.23. The van der Waals surface area contributed by atoms with Crippen molar-refractivity contribution in [2.24, 2.45) is 0 Å². The third-order valence-corrected chi connectivity index (χ3v) is 4.79. The van der Waals surface area contributed by atoms with Crippen molar-refractivity contribution in [3.63, 3.8) is 0 Å². The van der Waals surface area contributed by atoms with Gasteiger partial charge in [0.1, 0.15) is 18.3 Å². The Balaban J connectivity index is 2.06. The van der Waals surface area contributed by atoms with Gasteiger partial charge in [-0.25, -0.2) is 4.79 Å².